The van der Waals surface area contributed by atoms with E-state index in [0.717, 1.165) is 19.3 Å². The number of amides is 1. The summed E-state index contributed by atoms with van der Waals surface area (Å²) in [5.74, 6) is 0.147. The monoisotopic (exact) mass is 422 g/mol. The van der Waals surface area contributed by atoms with Crippen molar-refractivity contribution in [3.8, 4) is 5.75 Å². The summed E-state index contributed by atoms with van der Waals surface area (Å²) < 4.78 is 33.6. The third-order valence-electron chi connectivity index (χ3n) is 4.79. The van der Waals surface area contributed by atoms with Crippen LogP contribution < -0.4 is 9.46 Å². The number of methoxy groups -OCH3 is 1. The van der Waals surface area contributed by atoms with Gasteiger partial charge in [0.2, 0.25) is 0 Å². The number of aryl methyl sites for hydroxylation is 1. The summed E-state index contributed by atoms with van der Waals surface area (Å²) in [4.78, 5) is 14.7. The fraction of sp³-hybridized carbons (Fsp3) is 0.350. The Morgan fingerprint density at radius 1 is 1.11 bits per heavy atom. The Bertz CT molecular complexity index is 986. The van der Waals surface area contributed by atoms with E-state index in [4.69, 9.17) is 16.3 Å². The largest absolute Gasteiger partial charge is 0.496 e. The molecule has 28 heavy (non-hydrogen) atoms. The van der Waals surface area contributed by atoms with Crippen molar-refractivity contribution in [1.82, 2.24) is 4.90 Å². The molecule has 8 heteroatoms. The molecule has 1 fully saturated rings. The fourth-order valence-electron chi connectivity index (χ4n) is 3.23. The van der Waals surface area contributed by atoms with E-state index in [1.807, 2.05) is 0 Å². The summed E-state index contributed by atoms with van der Waals surface area (Å²) in [6.07, 6.45) is 2.99. The molecule has 150 valence electrons. The van der Waals surface area contributed by atoms with Crippen molar-refractivity contribution in [3.63, 3.8) is 0 Å². The summed E-state index contributed by atoms with van der Waals surface area (Å²) in [5, 5.41) is 0.527. The maximum Gasteiger partial charge on any atom is 0.261 e. The molecule has 2 aromatic carbocycles. The van der Waals surface area contributed by atoms with Crippen molar-refractivity contribution in [2.24, 2.45) is 0 Å². The van der Waals surface area contributed by atoms with Crippen molar-refractivity contribution in [2.45, 2.75) is 31.1 Å². The lowest BCUT2D eigenvalue weighted by molar-refractivity contribution is 0.0720. The molecule has 0 atom stereocenters. The van der Waals surface area contributed by atoms with Crippen LogP contribution in [0, 0.1) is 6.92 Å². The normalized spacial score (nSPS) is 14.6. The highest BCUT2D eigenvalue weighted by molar-refractivity contribution is 7.92. The van der Waals surface area contributed by atoms with Crippen molar-refractivity contribution < 1.29 is 17.9 Å². The number of anilines is 1. The number of rotatable bonds is 5. The number of carbonyl (C=O) groups is 1. The van der Waals surface area contributed by atoms with Gasteiger partial charge < -0.3 is 9.64 Å². The van der Waals surface area contributed by atoms with Crippen molar-refractivity contribution >= 4 is 33.2 Å². The number of piperidine rings is 1. The van der Waals surface area contributed by atoms with Crippen LogP contribution in [0.4, 0.5) is 5.69 Å². The van der Waals surface area contributed by atoms with Crippen LogP contribution in [0.5, 0.6) is 5.75 Å². The first-order valence-electron chi connectivity index (χ1n) is 9.08. The highest BCUT2D eigenvalue weighted by atomic mass is 35.5. The number of ether oxygens (including phenoxy) is 1. The summed E-state index contributed by atoms with van der Waals surface area (Å²) in [6.45, 7) is 3.10. The van der Waals surface area contributed by atoms with Crippen LogP contribution in [0.25, 0.3) is 0 Å². The third-order valence-corrected chi connectivity index (χ3v) is 6.39. The molecule has 0 radical (unpaired) electrons. The predicted octanol–water partition coefficient (Wildman–Crippen LogP) is 4.08. The van der Waals surface area contributed by atoms with Gasteiger partial charge in [0.05, 0.1) is 23.3 Å². The van der Waals surface area contributed by atoms with Gasteiger partial charge in [-0.25, -0.2) is 8.42 Å². The Balaban J connectivity index is 1.94. The molecule has 0 unspecified atom stereocenters. The molecule has 0 aliphatic carbocycles. The second kappa shape index (κ2) is 8.41. The third kappa shape index (κ3) is 4.42. The maximum absolute atomic E-state index is 12.9. The zero-order valence-electron chi connectivity index (χ0n) is 15.9. The Morgan fingerprint density at radius 3 is 2.46 bits per heavy atom. The Labute approximate surface area is 170 Å². The second-order valence-corrected chi connectivity index (χ2v) is 8.90. The molecule has 0 bridgehead atoms. The topological polar surface area (TPSA) is 75.7 Å². The van der Waals surface area contributed by atoms with Gasteiger partial charge in [0, 0.05) is 18.1 Å². The molecule has 1 amide bonds. The van der Waals surface area contributed by atoms with Crippen LogP contribution >= 0.6 is 11.6 Å². The van der Waals surface area contributed by atoms with E-state index in [2.05, 4.69) is 4.72 Å². The first kappa shape index (κ1) is 20.5. The average molecular weight is 423 g/mol. The zero-order chi connectivity index (χ0) is 20.3. The fourth-order valence-corrected chi connectivity index (χ4v) is 4.62. The van der Waals surface area contributed by atoms with Gasteiger partial charge in [0.25, 0.3) is 15.9 Å². The number of benzene rings is 2. The van der Waals surface area contributed by atoms with Crippen LogP contribution in [0.3, 0.4) is 0 Å². The lowest BCUT2D eigenvalue weighted by Gasteiger charge is -2.27. The lowest BCUT2D eigenvalue weighted by atomic mass is 10.1. The van der Waals surface area contributed by atoms with Crippen LogP contribution in [-0.2, 0) is 10.0 Å². The van der Waals surface area contributed by atoms with Crippen LogP contribution in [-0.4, -0.2) is 39.4 Å². The van der Waals surface area contributed by atoms with Gasteiger partial charge in [-0.15, -0.1) is 0 Å². The zero-order valence-corrected chi connectivity index (χ0v) is 17.4. The molecule has 1 N–H and O–H groups in total. The Hall–Kier alpha value is -2.25. The highest BCUT2D eigenvalue weighted by Gasteiger charge is 2.24. The molecule has 1 aliphatic heterocycles. The number of likely N-dealkylation sites (tertiary alicyclic amines) is 1. The number of halogens is 1. The summed E-state index contributed by atoms with van der Waals surface area (Å²) >= 11 is 5.93. The van der Waals surface area contributed by atoms with Gasteiger partial charge >= 0.3 is 0 Å². The van der Waals surface area contributed by atoms with E-state index in [-0.39, 0.29) is 16.4 Å². The van der Waals surface area contributed by atoms with Crippen LogP contribution in [0.2, 0.25) is 5.02 Å². The predicted molar refractivity (Wildman–Crippen MR) is 110 cm³/mol. The molecule has 3 rings (SSSR count). The van der Waals surface area contributed by atoms with E-state index in [1.165, 1.54) is 25.3 Å². The van der Waals surface area contributed by atoms with Gasteiger partial charge in [0.1, 0.15) is 5.75 Å². The molecule has 1 saturated heterocycles. The molecular weight excluding hydrogens is 400 g/mol. The summed E-state index contributed by atoms with van der Waals surface area (Å²) in [6, 6.07) is 9.23. The number of hydrogen-bond donors (Lipinski definition) is 1. The number of sulfonamides is 1. The lowest BCUT2D eigenvalue weighted by Crippen LogP contribution is -2.35. The molecule has 1 heterocycles. The Kier molecular flexibility index (Phi) is 6.15. The van der Waals surface area contributed by atoms with Crippen LogP contribution in [0.15, 0.2) is 41.3 Å². The second-order valence-electron chi connectivity index (χ2n) is 6.78. The smallest absolute Gasteiger partial charge is 0.261 e. The van der Waals surface area contributed by atoms with Crippen molar-refractivity contribution in [1.29, 1.82) is 0 Å². The van der Waals surface area contributed by atoms with E-state index in [1.54, 1.807) is 30.0 Å². The highest BCUT2D eigenvalue weighted by Crippen LogP contribution is 2.28. The minimum atomic E-state index is -3.88. The summed E-state index contributed by atoms with van der Waals surface area (Å²) in [5.41, 5.74) is 1.39. The molecule has 1 aliphatic rings. The van der Waals surface area contributed by atoms with Gasteiger partial charge in [-0.3, -0.25) is 9.52 Å². The summed E-state index contributed by atoms with van der Waals surface area (Å²) in [7, 11) is -2.42. The maximum atomic E-state index is 12.9. The Morgan fingerprint density at radius 2 is 1.82 bits per heavy atom. The number of nitrogens with one attached hydrogen (secondary N) is 1. The SMILES string of the molecule is COc1ccc(S(=O)(=O)Nc2ccc(Cl)cc2C)cc1C(=O)N1CCCCC1. The number of nitrogens with zero attached hydrogens (tertiary/aromatic N) is 1. The molecule has 6 nitrogen and oxygen atoms in total. The number of carbonyl (C=O) groups excluding carboxylic acids is 1. The van der Waals surface area contributed by atoms with Gasteiger partial charge in [-0.1, -0.05) is 11.6 Å². The van der Waals surface area contributed by atoms with E-state index < -0.39 is 10.0 Å². The molecule has 0 aromatic heterocycles. The first-order chi connectivity index (χ1) is 13.3. The average Bonchev–Trinajstić information content (AvgIpc) is 2.69. The van der Waals surface area contributed by atoms with Gasteiger partial charge in [0.15, 0.2) is 0 Å². The molecule has 0 saturated carbocycles. The van der Waals surface area contributed by atoms with E-state index in [9.17, 15) is 13.2 Å². The number of hydrogen-bond acceptors (Lipinski definition) is 4. The minimum absolute atomic E-state index is 0.00279. The van der Waals surface area contributed by atoms with E-state index in [0.29, 0.717) is 35.1 Å². The van der Waals surface area contributed by atoms with Gasteiger partial charge in [-0.2, -0.15) is 0 Å². The molecule has 0 spiro atoms. The van der Waals surface area contributed by atoms with Gasteiger partial charge in [-0.05, 0) is 68.1 Å². The quantitative estimate of drug-likeness (QED) is 0.787. The van der Waals surface area contributed by atoms with Crippen molar-refractivity contribution in [3.05, 3.63) is 52.5 Å². The molecule has 2 aromatic rings. The molecular formula is C20H23ClN2O4S. The first-order valence-corrected chi connectivity index (χ1v) is 10.9. The minimum Gasteiger partial charge on any atom is -0.496 e. The van der Waals surface area contributed by atoms with Crippen LogP contribution in [0.1, 0.15) is 35.2 Å². The van der Waals surface area contributed by atoms with Crippen molar-refractivity contribution in [2.75, 3.05) is 24.9 Å². The van der Waals surface area contributed by atoms with E-state index >= 15 is 0 Å². The standard InChI is InChI=1S/C20H23ClN2O4S/c1-14-12-15(21)6-8-18(14)22-28(25,26)16-7-9-19(27-2)17(13-16)20(24)23-10-4-3-5-11-23/h6-9,12-13,22H,3-5,10-11H2,1-2H3.